The fourth-order valence-electron chi connectivity index (χ4n) is 4.70. The maximum atomic E-state index is 12.9. The highest BCUT2D eigenvalue weighted by atomic mass is 16.6. The molecule has 2 amide bonds. The molecule has 2 aliphatic rings. The molecule has 2 atom stereocenters. The predicted molar refractivity (Wildman–Crippen MR) is 126 cm³/mol. The number of hydrogen-bond donors (Lipinski definition) is 2. The number of alkyl carbamates (subject to hydrolysis) is 1. The van der Waals surface area contributed by atoms with Gasteiger partial charge in [0.05, 0.1) is 12.0 Å². The van der Waals surface area contributed by atoms with E-state index in [2.05, 4.69) is 17.4 Å². The van der Waals surface area contributed by atoms with E-state index >= 15 is 0 Å². The normalized spacial score (nSPS) is 19.7. The first-order chi connectivity index (χ1) is 16.1. The van der Waals surface area contributed by atoms with E-state index < -0.39 is 35.7 Å². The molecule has 180 valence electrons. The lowest BCUT2D eigenvalue weighted by molar-refractivity contribution is -0.144. The van der Waals surface area contributed by atoms with Gasteiger partial charge in [0.15, 0.2) is 0 Å². The van der Waals surface area contributed by atoms with Crippen LogP contribution in [0.4, 0.5) is 9.59 Å². The van der Waals surface area contributed by atoms with Crippen molar-refractivity contribution in [3.63, 3.8) is 0 Å². The summed E-state index contributed by atoms with van der Waals surface area (Å²) in [6, 6.07) is 15.4. The number of benzene rings is 2. The van der Waals surface area contributed by atoms with Gasteiger partial charge in [-0.1, -0.05) is 48.5 Å². The molecule has 8 nitrogen and oxygen atoms in total. The van der Waals surface area contributed by atoms with Gasteiger partial charge < -0.3 is 24.8 Å². The van der Waals surface area contributed by atoms with Gasteiger partial charge in [0, 0.05) is 19.0 Å². The molecule has 0 aromatic heterocycles. The molecule has 1 heterocycles. The van der Waals surface area contributed by atoms with Crippen molar-refractivity contribution in [3.8, 4) is 11.1 Å². The molecule has 8 heteroatoms. The van der Waals surface area contributed by atoms with E-state index in [0.717, 1.165) is 22.3 Å². The molecule has 1 saturated heterocycles. The maximum Gasteiger partial charge on any atom is 0.409 e. The molecule has 1 aliphatic carbocycles. The summed E-state index contributed by atoms with van der Waals surface area (Å²) < 4.78 is 11.0. The second kappa shape index (κ2) is 9.37. The number of carbonyl (C=O) groups excluding carboxylic acids is 2. The fraction of sp³-hybridized carbons (Fsp3) is 0.423. The number of carbonyl (C=O) groups is 3. The van der Waals surface area contributed by atoms with Crippen molar-refractivity contribution in [2.24, 2.45) is 5.92 Å². The Morgan fingerprint density at radius 2 is 1.62 bits per heavy atom. The summed E-state index contributed by atoms with van der Waals surface area (Å²) in [4.78, 5) is 38.3. The van der Waals surface area contributed by atoms with Gasteiger partial charge in [0.2, 0.25) is 0 Å². The first kappa shape index (κ1) is 23.6. The zero-order valence-electron chi connectivity index (χ0n) is 19.6. The summed E-state index contributed by atoms with van der Waals surface area (Å²) in [5.74, 6) is -1.90. The van der Waals surface area contributed by atoms with Crippen molar-refractivity contribution in [2.75, 3.05) is 19.7 Å². The summed E-state index contributed by atoms with van der Waals surface area (Å²) in [5, 5.41) is 12.2. The molecule has 2 N–H and O–H groups in total. The van der Waals surface area contributed by atoms with E-state index in [1.54, 1.807) is 20.8 Å². The van der Waals surface area contributed by atoms with Crippen LogP contribution in [0.15, 0.2) is 48.5 Å². The van der Waals surface area contributed by atoms with Gasteiger partial charge in [-0.15, -0.1) is 0 Å². The Hall–Kier alpha value is -3.55. The summed E-state index contributed by atoms with van der Waals surface area (Å²) in [6.07, 6.45) is -1.03. The smallest absolute Gasteiger partial charge is 0.409 e. The van der Waals surface area contributed by atoms with Gasteiger partial charge in [-0.2, -0.15) is 0 Å². The summed E-state index contributed by atoms with van der Waals surface area (Å²) in [7, 11) is 0. The van der Waals surface area contributed by atoms with Crippen LogP contribution in [0, 0.1) is 5.92 Å². The van der Waals surface area contributed by atoms with Gasteiger partial charge >= 0.3 is 18.2 Å². The van der Waals surface area contributed by atoms with Crippen LogP contribution in [0.1, 0.15) is 44.2 Å². The van der Waals surface area contributed by atoms with Gasteiger partial charge in [-0.3, -0.25) is 4.79 Å². The van der Waals surface area contributed by atoms with Crippen LogP contribution < -0.4 is 5.32 Å². The third kappa shape index (κ3) is 5.00. The first-order valence-corrected chi connectivity index (χ1v) is 11.5. The monoisotopic (exact) mass is 466 g/mol. The minimum Gasteiger partial charge on any atom is -0.481 e. The molecule has 2 unspecified atom stereocenters. The summed E-state index contributed by atoms with van der Waals surface area (Å²) in [6.45, 7) is 5.63. The van der Waals surface area contributed by atoms with E-state index in [1.807, 2.05) is 36.4 Å². The molecule has 0 saturated carbocycles. The number of fused-ring (bicyclic) bond motifs is 3. The Morgan fingerprint density at radius 3 is 2.18 bits per heavy atom. The molecular formula is C26H30N2O6. The lowest BCUT2D eigenvalue weighted by Gasteiger charge is -2.36. The van der Waals surface area contributed by atoms with Crippen LogP contribution in [-0.2, 0) is 14.3 Å². The minimum atomic E-state index is -1.02. The minimum absolute atomic E-state index is 0.0346. The van der Waals surface area contributed by atoms with Crippen molar-refractivity contribution in [1.29, 1.82) is 0 Å². The van der Waals surface area contributed by atoms with E-state index in [-0.39, 0.29) is 32.0 Å². The number of nitrogens with one attached hydrogen (secondary N) is 1. The molecule has 2 aromatic carbocycles. The number of ether oxygens (including phenoxy) is 2. The molecule has 2 aromatic rings. The third-order valence-corrected chi connectivity index (χ3v) is 6.23. The zero-order valence-corrected chi connectivity index (χ0v) is 19.6. The van der Waals surface area contributed by atoms with Crippen molar-refractivity contribution in [1.82, 2.24) is 10.2 Å². The second-order valence-corrected chi connectivity index (χ2v) is 9.74. The number of amides is 2. The Morgan fingerprint density at radius 1 is 1.03 bits per heavy atom. The van der Waals surface area contributed by atoms with E-state index in [9.17, 15) is 19.5 Å². The zero-order chi connectivity index (χ0) is 24.5. The summed E-state index contributed by atoms with van der Waals surface area (Å²) in [5.41, 5.74) is 3.80. The third-order valence-electron chi connectivity index (χ3n) is 6.23. The Balaban J connectivity index is 1.42. The molecule has 0 spiro atoms. The van der Waals surface area contributed by atoms with Crippen LogP contribution in [0.2, 0.25) is 0 Å². The highest BCUT2D eigenvalue weighted by Gasteiger charge is 2.38. The molecular weight excluding hydrogens is 436 g/mol. The fourth-order valence-corrected chi connectivity index (χ4v) is 4.70. The molecule has 0 radical (unpaired) electrons. The first-order valence-electron chi connectivity index (χ1n) is 11.5. The number of nitrogens with zero attached hydrogens (tertiary/aromatic N) is 1. The number of piperidine rings is 1. The number of aliphatic carboxylic acids is 1. The number of carboxylic acid groups (broad SMARTS) is 1. The van der Waals surface area contributed by atoms with Gasteiger partial charge in [0.1, 0.15) is 12.2 Å². The number of likely N-dealkylation sites (tertiary alicyclic amines) is 1. The standard InChI is InChI=1S/C26H30N2O6/c1-26(2,3)34-24(31)27-22-14-28(13-12-20(22)23(29)30)25(32)33-15-21-18-10-6-4-8-16(18)17-9-5-7-11-19(17)21/h4-11,20-22H,12-15H2,1-3H3,(H,27,31)(H,29,30). The Kier molecular flexibility index (Phi) is 6.50. The largest absolute Gasteiger partial charge is 0.481 e. The van der Waals surface area contributed by atoms with Crippen molar-refractivity contribution >= 4 is 18.2 Å². The predicted octanol–water partition coefficient (Wildman–Crippen LogP) is 4.24. The van der Waals surface area contributed by atoms with Gasteiger partial charge in [-0.05, 0) is 49.4 Å². The Bertz CT molecular complexity index is 1050. The lowest BCUT2D eigenvalue weighted by atomic mass is 9.92. The average molecular weight is 467 g/mol. The van der Waals surface area contributed by atoms with E-state index in [0.29, 0.717) is 0 Å². The highest BCUT2D eigenvalue weighted by molar-refractivity contribution is 5.79. The molecule has 34 heavy (non-hydrogen) atoms. The van der Waals surface area contributed by atoms with Crippen LogP contribution >= 0.6 is 0 Å². The molecule has 4 rings (SSSR count). The van der Waals surface area contributed by atoms with Crippen LogP contribution in [0.25, 0.3) is 11.1 Å². The summed E-state index contributed by atoms with van der Waals surface area (Å²) >= 11 is 0. The van der Waals surface area contributed by atoms with Crippen LogP contribution in [0.5, 0.6) is 0 Å². The highest BCUT2D eigenvalue weighted by Crippen LogP contribution is 2.44. The van der Waals surface area contributed by atoms with Crippen molar-refractivity contribution in [3.05, 3.63) is 59.7 Å². The maximum absolute atomic E-state index is 12.9. The van der Waals surface area contributed by atoms with Crippen LogP contribution in [-0.4, -0.2) is 59.5 Å². The van der Waals surface area contributed by atoms with Crippen molar-refractivity contribution < 1.29 is 29.0 Å². The number of rotatable bonds is 4. The van der Waals surface area contributed by atoms with Crippen molar-refractivity contribution in [2.45, 2.75) is 44.8 Å². The molecule has 1 fully saturated rings. The van der Waals surface area contributed by atoms with Gasteiger partial charge in [0.25, 0.3) is 0 Å². The van der Waals surface area contributed by atoms with Crippen LogP contribution in [0.3, 0.4) is 0 Å². The Labute approximate surface area is 198 Å². The SMILES string of the molecule is CC(C)(C)OC(=O)NC1CN(C(=O)OCC2c3ccccc3-c3ccccc32)CCC1C(=O)O. The van der Waals surface area contributed by atoms with E-state index in [1.165, 1.54) is 4.90 Å². The average Bonchev–Trinajstić information content (AvgIpc) is 3.09. The molecule has 0 bridgehead atoms. The topological polar surface area (TPSA) is 105 Å². The molecule has 1 aliphatic heterocycles. The van der Waals surface area contributed by atoms with Gasteiger partial charge in [-0.25, -0.2) is 9.59 Å². The lowest BCUT2D eigenvalue weighted by Crippen LogP contribution is -2.56. The number of hydrogen-bond acceptors (Lipinski definition) is 5. The second-order valence-electron chi connectivity index (χ2n) is 9.74. The quantitative estimate of drug-likeness (QED) is 0.699. The number of carboxylic acids is 1. The van der Waals surface area contributed by atoms with E-state index in [4.69, 9.17) is 9.47 Å².